The zero-order chi connectivity index (χ0) is 14.4. The Morgan fingerprint density at radius 2 is 2.00 bits per heavy atom. The van der Waals surface area contributed by atoms with Gasteiger partial charge in [-0.15, -0.1) is 0 Å². The number of hydrogen-bond donors (Lipinski definition) is 0. The zero-order valence-corrected chi connectivity index (χ0v) is 12.0. The van der Waals surface area contributed by atoms with Gasteiger partial charge in [0.15, 0.2) is 0 Å². The first-order valence-corrected chi connectivity index (χ1v) is 6.24. The molecule has 0 radical (unpaired) electrons. The second-order valence-electron chi connectivity index (χ2n) is 4.65. The van der Waals surface area contributed by atoms with Gasteiger partial charge >= 0.3 is 0 Å². The van der Waals surface area contributed by atoms with Crippen LogP contribution >= 0.6 is 0 Å². The molecule has 0 unspecified atom stereocenters. The van der Waals surface area contributed by atoms with Crippen molar-refractivity contribution in [1.29, 1.82) is 5.26 Å². The molecule has 0 bridgehead atoms. The summed E-state index contributed by atoms with van der Waals surface area (Å²) in [6.07, 6.45) is 0.651. The van der Waals surface area contributed by atoms with E-state index in [0.29, 0.717) is 6.54 Å². The largest absolute Gasteiger partial charge is 0.496 e. The normalized spacial score (nSPS) is 9.84. The summed E-state index contributed by atoms with van der Waals surface area (Å²) in [5.74, 6) is 0.703. The minimum atomic E-state index is -0.148. The Bertz CT molecular complexity index is 504. The molecule has 0 heterocycles. The standard InChI is InChI=1S/C15H20N2O2/c1-11-9-13(14(19-4)10-12(11)2)6-8-17(3)15(18)5-7-16/h9-10H,5-6,8H2,1-4H3. The van der Waals surface area contributed by atoms with Crippen molar-refractivity contribution >= 4 is 5.91 Å². The van der Waals surface area contributed by atoms with Crippen LogP contribution in [0.5, 0.6) is 5.75 Å². The molecule has 0 N–H and O–H groups in total. The number of carbonyl (C=O) groups excluding carboxylic acids is 1. The van der Waals surface area contributed by atoms with E-state index < -0.39 is 0 Å². The number of benzene rings is 1. The first-order valence-electron chi connectivity index (χ1n) is 6.24. The number of aryl methyl sites for hydroxylation is 2. The Morgan fingerprint density at radius 3 is 2.58 bits per heavy atom. The van der Waals surface area contributed by atoms with E-state index in [2.05, 4.69) is 13.0 Å². The molecule has 1 rings (SSSR count). The molecule has 0 aromatic heterocycles. The van der Waals surface area contributed by atoms with Crippen molar-refractivity contribution in [2.45, 2.75) is 26.7 Å². The third-order valence-corrected chi connectivity index (χ3v) is 3.27. The monoisotopic (exact) mass is 260 g/mol. The number of nitriles is 1. The molecule has 19 heavy (non-hydrogen) atoms. The molecule has 1 aromatic rings. The van der Waals surface area contributed by atoms with Crippen molar-refractivity contribution in [3.63, 3.8) is 0 Å². The summed E-state index contributed by atoms with van der Waals surface area (Å²) >= 11 is 0. The van der Waals surface area contributed by atoms with Crippen molar-refractivity contribution in [1.82, 2.24) is 4.90 Å². The van der Waals surface area contributed by atoms with Crippen LogP contribution in [0.15, 0.2) is 12.1 Å². The van der Waals surface area contributed by atoms with Gasteiger partial charge in [0.25, 0.3) is 0 Å². The Morgan fingerprint density at radius 1 is 1.37 bits per heavy atom. The average Bonchev–Trinajstić information content (AvgIpc) is 2.39. The lowest BCUT2D eigenvalue weighted by molar-refractivity contribution is -0.128. The number of carbonyl (C=O) groups is 1. The molecule has 4 nitrogen and oxygen atoms in total. The average molecular weight is 260 g/mol. The molecule has 0 saturated carbocycles. The highest BCUT2D eigenvalue weighted by molar-refractivity contribution is 5.77. The number of likely N-dealkylation sites (N-methyl/N-ethyl adjacent to an activating group) is 1. The van der Waals surface area contributed by atoms with Gasteiger partial charge in [-0.3, -0.25) is 4.79 Å². The number of amides is 1. The SMILES string of the molecule is COc1cc(C)c(C)cc1CCN(C)C(=O)CC#N. The van der Waals surface area contributed by atoms with E-state index in [4.69, 9.17) is 10.00 Å². The summed E-state index contributed by atoms with van der Waals surface area (Å²) in [4.78, 5) is 13.1. The predicted octanol–water partition coefficient (Wildman–Crippen LogP) is 2.23. The molecule has 0 spiro atoms. The van der Waals surface area contributed by atoms with E-state index in [-0.39, 0.29) is 12.3 Å². The van der Waals surface area contributed by atoms with Crippen LogP contribution in [0.25, 0.3) is 0 Å². The fraction of sp³-hybridized carbons (Fsp3) is 0.467. The van der Waals surface area contributed by atoms with Crippen LogP contribution in [-0.4, -0.2) is 31.5 Å². The zero-order valence-electron chi connectivity index (χ0n) is 12.0. The maximum Gasteiger partial charge on any atom is 0.236 e. The van der Waals surface area contributed by atoms with Gasteiger partial charge in [-0.2, -0.15) is 5.26 Å². The van der Waals surface area contributed by atoms with Crippen molar-refractivity contribution < 1.29 is 9.53 Å². The molecule has 0 aliphatic heterocycles. The van der Waals surface area contributed by atoms with Gasteiger partial charge in [0, 0.05) is 13.6 Å². The molecule has 1 aromatic carbocycles. The first-order chi connectivity index (χ1) is 8.99. The smallest absolute Gasteiger partial charge is 0.236 e. The third-order valence-electron chi connectivity index (χ3n) is 3.27. The molecule has 102 valence electrons. The summed E-state index contributed by atoms with van der Waals surface area (Å²) < 4.78 is 5.37. The van der Waals surface area contributed by atoms with Gasteiger partial charge in [-0.25, -0.2) is 0 Å². The molecule has 0 fully saturated rings. The quantitative estimate of drug-likeness (QED) is 0.815. The van der Waals surface area contributed by atoms with E-state index in [9.17, 15) is 4.79 Å². The van der Waals surface area contributed by atoms with Crippen LogP contribution in [0.3, 0.4) is 0 Å². The van der Waals surface area contributed by atoms with Crippen LogP contribution in [0.4, 0.5) is 0 Å². The Kier molecular flexibility index (Phi) is 5.37. The Labute approximate surface area is 114 Å². The van der Waals surface area contributed by atoms with Gasteiger partial charge < -0.3 is 9.64 Å². The molecule has 0 aliphatic carbocycles. The number of methoxy groups -OCH3 is 1. The second kappa shape index (κ2) is 6.79. The molecule has 0 atom stereocenters. The Hall–Kier alpha value is -2.02. The maximum atomic E-state index is 11.5. The number of rotatable bonds is 5. The van der Waals surface area contributed by atoms with Gasteiger partial charge in [-0.05, 0) is 43.0 Å². The lowest BCUT2D eigenvalue weighted by Gasteiger charge is -2.17. The van der Waals surface area contributed by atoms with E-state index in [0.717, 1.165) is 17.7 Å². The molecule has 4 heteroatoms. The van der Waals surface area contributed by atoms with E-state index in [1.54, 1.807) is 19.1 Å². The topological polar surface area (TPSA) is 53.3 Å². The van der Waals surface area contributed by atoms with Crippen LogP contribution < -0.4 is 4.74 Å². The van der Waals surface area contributed by atoms with E-state index in [1.807, 2.05) is 19.1 Å². The summed E-state index contributed by atoms with van der Waals surface area (Å²) in [6, 6.07) is 5.98. The van der Waals surface area contributed by atoms with E-state index >= 15 is 0 Å². The van der Waals surface area contributed by atoms with Crippen LogP contribution in [0.1, 0.15) is 23.1 Å². The second-order valence-corrected chi connectivity index (χ2v) is 4.65. The first kappa shape index (κ1) is 15.0. The van der Waals surface area contributed by atoms with Crippen molar-refractivity contribution in [3.05, 3.63) is 28.8 Å². The van der Waals surface area contributed by atoms with Gasteiger partial charge in [0.2, 0.25) is 5.91 Å². The minimum absolute atomic E-state index is 0.0689. The fourth-order valence-electron chi connectivity index (χ4n) is 1.85. The molecular formula is C15H20N2O2. The van der Waals surface area contributed by atoms with Gasteiger partial charge in [0.1, 0.15) is 12.2 Å². The number of ether oxygens (including phenoxy) is 1. The van der Waals surface area contributed by atoms with Gasteiger partial charge in [0.05, 0.1) is 13.2 Å². The van der Waals surface area contributed by atoms with Crippen LogP contribution in [0.2, 0.25) is 0 Å². The highest BCUT2D eigenvalue weighted by Gasteiger charge is 2.10. The molecular weight excluding hydrogens is 240 g/mol. The summed E-state index contributed by atoms with van der Waals surface area (Å²) in [5, 5.41) is 8.50. The van der Waals surface area contributed by atoms with E-state index in [1.165, 1.54) is 11.1 Å². The number of nitrogens with zero attached hydrogens (tertiary/aromatic N) is 2. The van der Waals surface area contributed by atoms with Crippen LogP contribution in [-0.2, 0) is 11.2 Å². The fourth-order valence-corrected chi connectivity index (χ4v) is 1.85. The lowest BCUT2D eigenvalue weighted by Crippen LogP contribution is -2.28. The van der Waals surface area contributed by atoms with Crippen molar-refractivity contribution in [3.8, 4) is 11.8 Å². The highest BCUT2D eigenvalue weighted by Crippen LogP contribution is 2.23. The molecule has 0 saturated heterocycles. The summed E-state index contributed by atoms with van der Waals surface area (Å²) in [7, 11) is 3.37. The van der Waals surface area contributed by atoms with Crippen molar-refractivity contribution in [2.24, 2.45) is 0 Å². The van der Waals surface area contributed by atoms with Crippen molar-refractivity contribution in [2.75, 3.05) is 20.7 Å². The maximum absolute atomic E-state index is 11.5. The molecule has 0 aliphatic rings. The Balaban J connectivity index is 2.75. The third kappa shape index (κ3) is 3.99. The summed E-state index contributed by atoms with van der Waals surface area (Å²) in [6.45, 7) is 4.69. The lowest BCUT2D eigenvalue weighted by atomic mass is 10.0. The molecule has 1 amide bonds. The van der Waals surface area contributed by atoms with Gasteiger partial charge in [-0.1, -0.05) is 6.07 Å². The number of hydrogen-bond acceptors (Lipinski definition) is 3. The minimum Gasteiger partial charge on any atom is -0.496 e. The summed E-state index contributed by atoms with van der Waals surface area (Å²) in [5.41, 5.74) is 3.48. The van der Waals surface area contributed by atoms with Crippen LogP contribution in [0, 0.1) is 25.2 Å². The highest BCUT2D eigenvalue weighted by atomic mass is 16.5. The predicted molar refractivity (Wildman–Crippen MR) is 74.0 cm³/mol.